The van der Waals surface area contributed by atoms with E-state index in [0.717, 1.165) is 44.2 Å². The van der Waals surface area contributed by atoms with Gasteiger partial charge in [0.25, 0.3) is 0 Å². The molecular formula is C24H26N4O4. The van der Waals surface area contributed by atoms with Crippen LogP contribution in [0.4, 0.5) is 10.5 Å². The normalized spacial score (nSPS) is 14.9. The third kappa shape index (κ3) is 4.72. The first-order valence-electron chi connectivity index (χ1n) is 11.0. The van der Waals surface area contributed by atoms with Crippen LogP contribution in [0.1, 0.15) is 60.3 Å². The van der Waals surface area contributed by atoms with Crippen molar-refractivity contribution >= 4 is 17.7 Å². The number of aryl methyl sites for hydroxylation is 2. The molecule has 0 spiro atoms. The van der Waals surface area contributed by atoms with Crippen LogP contribution in [0, 0.1) is 11.3 Å². The van der Waals surface area contributed by atoms with Gasteiger partial charge in [0.2, 0.25) is 6.10 Å². The third-order valence-corrected chi connectivity index (χ3v) is 5.78. The Kier molecular flexibility index (Phi) is 6.35. The van der Waals surface area contributed by atoms with Crippen LogP contribution in [0.15, 0.2) is 18.5 Å². The van der Waals surface area contributed by atoms with Crippen molar-refractivity contribution in [3.8, 4) is 6.07 Å². The first kappa shape index (κ1) is 21.8. The lowest BCUT2D eigenvalue weighted by atomic mass is 9.99. The maximum absolute atomic E-state index is 12.9. The number of rotatable bonds is 6. The van der Waals surface area contributed by atoms with E-state index in [1.165, 1.54) is 34.6 Å². The Bertz CT molecular complexity index is 1040. The smallest absolute Gasteiger partial charge is 0.412 e. The van der Waals surface area contributed by atoms with Crippen molar-refractivity contribution in [1.29, 1.82) is 5.26 Å². The lowest BCUT2D eigenvalue weighted by Gasteiger charge is -2.20. The maximum atomic E-state index is 12.9. The average molecular weight is 434 g/mol. The first-order chi connectivity index (χ1) is 15.4. The number of fused-ring (bicyclic) bond motifs is 2. The molecule has 166 valence electrons. The number of carbonyl (C=O) groups excluding carboxylic acids is 2. The summed E-state index contributed by atoms with van der Waals surface area (Å²) in [6.45, 7) is 3.46. The van der Waals surface area contributed by atoms with Gasteiger partial charge in [0.1, 0.15) is 6.07 Å². The average Bonchev–Trinajstić information content (AvgIpc) is 3.42. The van der Waals surface area contributed by atoms with Crippen LogP contribution in [0.3, 0.4) is 0 Å². The van der Waals surface area contributed by atoms with Gasteiger partial charge in [0.15, 0.2) is 5.69 Å². The number of hydrogen-bond acceptors (Lipinski definition) is 7. The second kappa shape index (κ2) is 9.35. The zero-order valence-corrected chi connectivity index (χ0v) is 18.3. The third-order valence-electron chi connectivity index (χ3n) is 5.78. The zero-order valence-electron chi connectivity index (χ0n) is 18.3. The first-order valence-corrected chi connectivity index (χ1v) is 11.0. The SMILES string of the molecule is CC(C)OC(=O)C(Cc1cnc(C#N)cn1)OC(=O)Nc1c2c(cc3c1CCC3)CCC2. The lowest BCUT2D eigenvalue weighted by Crippen LogP contribution is -2.34. The summed E-state index contributed by atoms with van der Waals surface area (Å²) >= 11 is 0. The Balaban J connectivity index is 1.53. The van der Waals surface area contributed by atoms with Crippen molar-refractivity contribution in [1.82, 2.24) is 9.97 Å². The molecule has 2 aromatic rings. The highest BCUT2D eigenvalue weighted by atomic mass is 16.6. The highest BCUT2D eigenvalue weighted by molar-refractivity contribution is 5.90. The van der Waals surface area contributed by atoms with Gasteiger partial charge in [0, 0.05) is 6.42 Å². The van der Waals surface area contributed by atoms with Crippen LogP contribution in [0.5, 0.6) is 0 Å². The van der Waals surface area contributed by atoms with Gasteiger partial charge in [0.05, 0.1) is 29.9 Å². The molecule has 1 heterocycles. The predicted octanol–water partition coefficient (Wildman–Crippen LogP) is 3.44. The van der Waals surface area contributed by atoms with E-state index in [9.17, 15) is 9.59 Å². The van der Waals surface area contributed by atoms with Crippen molar-refractivity contribution in [3.05, 3.63) is 52.1 Å². The molecule has 2 aliphatic rings. The number of esters is 1. The Morgan fingerprint density at radius 3 is 2.31 bits per heavy atom. The molecule has 1 unspecified atom stereocenters. The van der Waals surface area contributed by atoms with Crippen LogP contribution < -0.4 is 5.32 Å². The summed E-state index contributed by atoms with van der Waals surface area (Å²) < 4.78 is 10.8. The fraction of sp³-hybridized carbons (Fsp3) is 0.458. The van der Waals surface area contributed by atoms with E-state index < -0.39 is 18.2 Å². The summed E-state index contributed by atoms with van der Waals surface area (Å²) in [5.41, 5.74) is 6.40. The van der Waals surface area contributed by atoms with Crippen molar-refractivity contribution in [2.75, 3.05) is 5.32 Å². The second-order valence-corrected chi connectivity index (χ2v) is 8.45. The molecule has 8 heteroatoms. The van der Waals surface area contributed by atoms with Gasteiger partial charge in [-0.1, -0.05) is 6.07 Å². The summed E-state index contributed by atoms with van der Waals surface area (Å²) in [6.07, 6.45) is 6.54. The molecule has 0 bridgehead atoms. The predicted molar refractivity (Wildman–Crippen MR) is 116 cm³/mol. The molecule has 1 N–H and O–H groups in total. The van der Waals surface area contributed by atoms with Gasteiger partial charge in [-0.25, -0.2) is 14.6 Å². The van der Waals surface area contributed by atoms with Gasteiger partial charge < -0.3 is 9.47 Å². The van der Waals surface area contributed by atoms with E-state index in [0.29, 0.717) is 5.69 Å². The van der Waals surface area contributed by atoms with Crippen molar-refractivity contribution < 1.29 is 19.1 Å². The van der Waals surface area contributed by atoms with Crippen LogP contribution >= 0.6 is 0 Å². The Labute approximate surface area is 187 Å². The summed E-state index contributed by atoms with van der Waals surface area (Å²) in [4.78, 5) is 33.6. The molecule has 0 radical (unpaired) electrons. The molecule has 0 saturated heterocycles. The number of benzene rings is 1. The summed E-state index contributed by atoms with van der Waals surface area (Å²) in [6, 6.07) is 4.18. The van der Waals surface area contributed by atoms with Gasteiger partial charge in [-0.2, -0.15) is 5.26 Å². The molecule has 8 nitrogen and oxygen atoms in total. The number of amides is 1. The molecule has 4 rings (SSSR count). The minimum atomic E-state index is -1.18. The quantitative estimate of drug-likeness (QED) is 0.693. The number of anilines is 1. The zero-order chi connectivity index (χ0) is 22.7. The molecule has 1 aromatic carbocycles. The monoisotopic (exact) mass is 434 g/mol. The highest BCUT2D eigenvalue weighted by Crippen LogP contribution is 2.38. The number of carbonyl (C=O) groups is 2. The standard InChI is InChI=1S/C24H26N4O4/c1-14(2)31-23(29)21(10-17-12-27-18(11-25)13-26-17)32-24(30)28-22-19-7-3-5-15(19)9-16-6-4-8-20(16)22/h9,12-14,21H,3-8,10H2,1-2H3,(H,28,30). The van der Waals surface area contributed by atoms with Crippen molar-refractivity contribution in [2.24, 2.45) is 0 Å². The molecular weight excluding hydrogens is 408 g/mol. The molecule has 0 aliphatic heterocycles. The molecule has 32 heavy (non-hydrogen) atoms. The maximum Gasteiger partial charge on any atom is 0.412 e. The molecule has 0 saturated carbocycles. The Hall–Kier alpha value is -3.47. The minimum absolute atomic E-state index is 0.00266. The fourth-order valence-electron chi connectivity index (χ4n) is 4.42. The summed E-state index contributed by atoms with van der Waals surface area (Å²) in [5, 5.41) is 11.8. The van der Waals surface area contributed by atoms with Crippen LogP contribution in [-0.2, 0) is 46.4 Å². The van der Waals surface area contributed by atoms with Crippen LogP contribution in [0.25, 0.3) is 0 Å². The number of nitrogens with zero attached hydrogens (tertiary/aromatic N) is 3. The van der Waals surface area contributed by atoms with E-state index in [-0.39, 0.29) is 18.2 Å². The van der Waals surface area contributed by atoms with Gasteiger partial charge in [-0.3, -0.25) is 10.3 Å². The number of ether oxygens (including phenoxy) is 2. The molecule has 1 aromatic heterocycles. The van der Waals surface area contributed by atoms with Crippen LogP contribution in [0.2, 0.25) is 0 Å². The molecule has 2 aliphatic carbocycles. The molecule has 0 fully saturated rings. The highest BCUT2D eigenvalue weighted by Gasteiger charge is 2.29. The van der Waals surface area contributed by atoms with Gasteiger partial charge in [-0.05, 0) is 74.6 Å². The van der Waals surface area contributed by atoms with E-state index in [2.05, 4.69) is 21.4 Å². The van der Waals surface area contributed by atoms with E-state index in [1.54, 1.807) is 13.8 Å². The topological polar surface area (TPSA) is 114 Å². The van der Waals surface area contributed by atoms with E-state index in [1.807, 2.05) is 6.07 Å². The number of aromatic nitrogens is 2. The lowest BCUT2D eigenvalue weighted by molar-refractivity contribution is -0.157. The van der Waals surface area contributed by atoms with Gasteiger partial charge in [-0.15, -0.1) is 0 Å². The molecule has 1 amide bonds. The second-order valence-electron chi connectivity index (χ2n) is 8.45. The van der Waals surface area contributed by atoms with E-state index in [4.69, 9.17) is 14.7 Å². The summed E-state index contributed by atoms with van der Waals surface area (Å²) in [7, 11) is 0. The minimum Gasteiger partial charge on any atom is -0.460 e. The fourth-order valence-corrected chi connectivity index (χ4v) is 4.42. The largest absolute Gasteiger partial charge is 0.460 e. The van der Waals surface area contributed by atoms with Gasteiger partial charge >= 0.3 is 12.1 Å². The Morgan fingerprint density at radius 1 is 1.06 bits per heavy atom. The Morgan fingerprint density at radius 2 is 1.75 bits per heavy atom. The molecule has 1 atom stereocenters. The van der Waals surface area contributed by atoms with Crippen molar-refractivity contribution in [3.63, 3.8) is 0 Å². The summed E-state index contributed by atoms with van der Waals surface area (Å²) in [5.74, 6) is -0.648. The van der Waals surface area contributed by atoms with Crippen LogP contribution in [-0.4, -0.2) is 34.2 Å². The number of hydrogen-bond donors (Lipinski definition) is 1. The number of nitriles is 1. The van der Waals surface area contributed by atoms with Crippen molar-refractivity contribution in [2.45, 2.75) is 71.0 Å². The van der Waals surface area contributed by atoms with E-state index >= 15 is 0 Å². The number of nitrogens with one attached hydrogen (secondary N) is 1.